The third kappa shape index (κ3) is 5.30. The fourth-order valence-corrected chi connectivity index (χ4v) is 3.97. The predicted octanol–water partition coefficient (Wildman–Crippen LogP) is 5.63. The lowest BCUT2D eigenvalue weighted by Gasteiger charge is -2.29. The number of carbonyl (C=O) groups excluding carboxylic acids is 1. The van der Waals surface area contributed by atoms with E-state index in [1.54, 1.807) is 7.11 Å². The van der Waals surface area contributed by atoms with E-state index in [1.807, 2.05) is 36.4 Å². The van der Waals surface area contributed by atoms with Gasteiger partial charge in [0.2, 0.25) is 0 Å². The Kier molecular flexibility index (Phi) is 6.48. The third-order valence-electron chi connectivity index (χ3n) is 4.96. The molecule has 0 spiro atoms. The van der Waals surface area contributed by atoms with Gasteiger partial charge in [0, 0.05) is 16.8 Å². The molecule has 152 valence electrons. The molecule has 4 nitrogen and oxygen atoms in total. The Morgan fingerprint density at radius 3 is 2.76 bits per heavy atom. The quantitative estimate of drug-likeness (QED) is 0.476. The molecule has 1 aliphatic rings. The molecule has 1 N–H and O–H groups in total. The van der Waals surface area contributed by atoms with Gasteiger partial charge in [-0.3, -0.25) is 9.79 Å². The Morgan fingerprint density at radius 1 is 1.24 bits per heavy atom. The molecular weight excluding hydrogens is 380 g/mol. The molecule has 0 amide bonds. The van der Waals surface area contributed by atoms with Gasteiger partial charge in [-0.15, -0.1) is 0 Å². The first-order valence-corrected chi connectivity index (χ1v) is 10.4. The second-order valence-corrected chi connectivity index (χ2v) is 8.54. The summed E-state index contributed by atoms with van der Waals surface area (Å²) >= 11 is 5.34. The number of rotatable bonds is 7. The zero-order valence-corrected chi connectivity index (χ0v) is 18.4. The number of Topliss-reactive ketones (excluding diaryl/α,β-unsaturated/α-hetero) is 1. The fraction of sp³-hybridized carbons (Fsp3) is 0.375. The van der Waals surface area contributed by atoms with Crippen LogP contribution >= 0.6 is 12.2 Å². The van der Waals surface area contributed by atoms with Gasteiger partial charge in [0.1, 0.15) is 5.75 Å². The van der Waals surface area contributed by atoms with E-state index in [9.17, 15) is 4.79 Å². The number of carbonyl (C=O) groups is 1. The van der Waals surface area contributed by atoms with Gasteiger partial charge in [-0.25, -0.2) is 0 Å². The molecule has 0 atom stereocenters. The minimum atomic E-state index is -0.229. The number of nitrogens with one attached hydrogen (secondary N) is 1. The minimum absolute atomic E-state index is 0.0419. The minimum Gasteiger partial charge on any atom is -0.497 e. The van der Waals surface area contributed by atoms with Crippen LogP contribution in [0.25, 0.3) is 0 Å². The summed E-state index contributed by atoms with van der Waals surface area (Å²) in [5.74, 6) is 0.819. The van der Waals surface area contributed by atoms with Gasteiger partial charge in [0.15, 0.2) is 5.78 Å². The number of thiocarbonyl (C=S) groups is 1. The molecule has 29 heavy (non-hydrogen) atoms. The fourth-order valence-electron chi connectivity index (χ4n) is 3.65. The predicted molar refractivity (Wildman–Crippen MR) is 124 cm³/mol. The molecule has 0 saturated carbocycles. The molecule has 1 aliphatic heterocycles. The molecule has 0 unspecified atom stereocenters. The van der Waals surface area contributed by atoms with E-state index in [1.165, 1.54) is 5.56 Å². The highest BCUT2D eigenvalue weighted by Crippen LogP contribution is 2.31. The van der Waals surface area contributed by atoms with Crippen LogP contribution in [0.3, 0.4) is 0 Å². The standard InChI is InChI=1S/C24H28N2O2S/c1-5-7-23(29)25-18-9-6-8-16(12-18)22(27)14-21-20-13-19(28-4)11-10-17(20)15-24(2,3)26-21/h6,8-13H,5,7,14-15H2,1-4H3,(H,25,29). The summed E-state index contributed by atoms with van der Waals surface area (Å²) in [6, 6.07) is 13.6. The molecule has 2 aromatic rings. The number of ketones is 1. The number of ether oxygens (including phenoxy) is 1. The van der Waals surface area contributed by atoms with Crippen molar-refractivity contribution in [2.24, 2.45) is 4.99 Å². The van der Waals surface area contributed by atoms with Crippen molar-refractivity contribution < 1.29 is 9.53 Å². The van der Waals surface area contributed by atoms with E-state index >= 15 is 0 Å². The zero-order chi connectivity index (χ0) is 21.0. The van der Waals surface area contributed by atoms with Crippen LogP contribution < -0.4 is 10.1 Å². The second kappa shape index (κ2) is 8.87. The Hall–Kier alpha value is -2.53. The van der Waals surface area contributed by atoms with E-state index < -0.39 is 0 Å². The van der Waals surface area contributed by atoms with Crippen LogP contribution in [-0.4, -0.2) is 29.1 Å². The van der Waals surface area contributed by atoms with Crippen molar-refractivity contribution in [3.63, 3.8) is 0 Å². The summed E-state index contributed by atoms with van der Waals surface area (Å²) in [4.78, 5) is 18.8. The van der Waals surface area contributed by atoms with Crippen molar-refractivity contribution in [3.8, 4) is 5.75 Å². The van der Waals surface area contributed by atoms with Crippen LogP contribution in [0.15, 0.2) is 47.5 Å². The van der Waals surface area contributed by atoms with Crippen LogP contribution in [-0.2, 0) is 6.42 Å². The van der Waals surface area contributed by atoms with Crippen molar-refractivity contribution in [2.75, 3.05) is 12.4 Å². The van der Waals surface area contributed by atoms with E-state index in [4.69, 9.17) is 21.9 Å². The monoisotopic (exact) mass is 408 g/mol. The maximum atomic E-state index is 13.1. The van der Waals surface area contributed by atoms with Crippen molar-refractivity contribution in [3.05, 3.63) is 59.2 Å². The largest absolute Gasteiger partial charge is 0.497 e. The molecule has 2 aromatic carbocycles. The Bertz CT molecular complexity index is 963. The molecule has 0 saturated heterocycles. The lowest BCUT2D eigenvalue weighted by atomic mass is 9.85. The van der Waals surface area contributed by atoms with Crippen LogP contribution in [0, 0.1) is 0 Å². The van der Waals surface area contributed by atoms with Crippen LogP contribution in [0.2, 0.25) is 0 Å². The Balaban J connectivity index is 1.85. The van der Waals surface area contributed by atoms with Crippen molar-refractivity contribution in [2.45, 2.75) is 52.0 Å². The maximum absolute atomic E-state index is 13.1. The van der Waals surface area contributed by atoms with Gasteiger partial charge in [-0.1, -0.05) is 37.3 Å². The number of hydrogen-bond acceptors (Lipinski definition) is 4. The van der Waals surface area contributed by atoms with Gasteiger partial charge in [-0.2, -0.15) is 0 Å². The number of methoxy groups -OCH3 is 1. The number of fused-ring (bicyclic) bond motifs is 1. The van der Waals surface area contributed by atoms with Gasteiger partial charge in [0.25, 0.3) is 0 Å². The lowest BCUT2D eigenvalue weighted by molar-refractivity contribution is 0.100. The summed E-state index contributed by atoms with van der Waals surface area (Å²) in [6.45, 7) is 6.29. The van der Waals surface area contributed by atoms with Crippen LogP contribution in [0.5, 0.6) is 5.75 Å². The molecule has 5 heteroatoms. The summed E-state index contributed by atoms with van der Waals surface area (Å²) in [5, 5.41) is 3.22. The normalized spacial score (nSPS) is 14.6. The first-order chi connectivity index (χ1) is 13.8. The number of hydrogen-bond donors (Lipinski definition) is 1. The number of anilines is 1. The average Bonchev–Trinajstić information content (AvgIpc) is 2.67. The van der Waals surface area contributed by atoms with E-state index in [0.29, 0.717) is 5.56 Å². The van der Waals surface area contributed by atoms with Gasteiger partial charge in [0.05, 0.1) is 29.8 Å². The topological polar surface area (TPSA) is 50.7 Å². The van der Waals surface area contributed by atoms with Crippen molar-refractivity contribution >= 4 is 34.4 Å². The highest BCUT2D eigenvalue weighted by molar-refractivity contribution is 7.80. The first-order valence-electron chi connectivity index (χ1n) is 10.0. The summed E-state index contributed by atoms with van der Waals surface area (Å²) in [5.41, 5.74) is 4.31. The maximum Gasteiger partial charge on any atom is 0.168 e. The first kappa shape index (κ1) is 21.2. The SMILES string of the molecule is CCCC(=S)Nc1cccc(C(=O)CC2=NC(C)(C)Cc3ccc(OC)cc32)c1. The molecule has 0 fully saturated rings. The smallest absolute Gasteiger partial charge is 0.168 e. The molecule has 0 radical (unpaired) electrons. The van der Waals surface area contributed by atoms with Crippen molar-refractivity contribution in [1.29, 1.82) is 0 Å². The van der Waals surface area contributed by atoms with Gasteiger partial charge >= 0.3 is 0 Å². The average molecular weight is 409 g/mol. The summed E-state index contributed by atoms with van der Waals surface area (Å²) in [7, 11) is 1.65. The highest BCUT2D eigenvalue weighted by atomic mass is 32.1. The summed E-state index contributed by atoms with van der Waals surface area (Å²) < 4.78 is 5.38. The Labute approximate surface area is 178 Å². The molecule has 3 rings (SSSR count). The molecule has 0 aliphatic carbocycles. The molecule has 0 aromatic heterocycles. The molecule has 0 bridgehead atoms. The van der Waals surface area contributed by atoms with E-state index in [0.717, 1.165) is 47.0 Å². The zero-order valence-electron chi connectivity index (χ0n) is 17.5. The number of nitrogens with zero attached hydrogens (tertiary/aromatic N) is 1. The lowest BCUT2D eigenvalue weighted by Crippen LogP contribution is -2.30. The molecular formula is C24H28N2O2S. The second-order valence-electron chi connectivity index (χ2n) is 8.05. The van der Waals surface area contributed by atoms with Crippen LogP contribution in [0.1, 0.15) is 61.5 Å². The van der Waals surface area contributed by atoms with Gasteiger partial charge in [-0.05, 0) is 62.9 Å². The van der Waals surface area contributed by atoms with E-state index in [-0.39, 0.29) is 17.7 Å². The Morgan fingerprint density at radius 2 is 2.03 bits per heavy atom. The van der Waals surface area contributed by atoms with E-state index in [2.05, 4.69) is 32.2 Å². The number of benzene rings is 2. The van der Waals surface area contributed by atoms with Gasteiger partial charge < -0.3 is 10.1 Å². The van der Waals surface area contributed by atoms with Crippen molar-refractivity contribution in [1.82, 2.24) is 0 Å². The third-order valence-corrected chi connectivity index (χ3v) is 5.27. The number of aliphatic imine (C=N–C) groups is 1. The van der Waals surface area contributed by atoms with Crippen LogP contribution in [0.4, 0.5) is 5.69 Å². The summed E-state index contributed by atoms with van der Waals surface area (Å²) in [6.07, 6.45) is 2.92. The highest BCUT2D eigenvalue weighted by Gasteiger charge is 2.28. The molecule has 1 heterocycles.